The normalized spacial score (nSPS) is 14.3. The fourth-order valence-electron chi connectivity index (χ4n) is 1.70. The van der Waals surface area contributed by atoms with Crippen LogP contribution in [0.3, 0.4) is 0 Å². The zero-order chi connectivity index (χ0) is 13.3. The summed E-state index contributed by atoms with van der Waals surface area (Å²) in [5, 5.41) is 10.6. The molecule has 0 spiro atoms. The van der Waals surface area contributed by atoms with Gasteiger partial charge in [0.2, 0.25) is 6.04 Å². The lowest BCUT2D eigenvalue weighted by Crippen LogP contribution is -2.25. The van der Waals surface area contributed by atoms with Crippen LogP contribution in [0, 0.1) is 10.1 Å². The van der Waals surface area contributed by atoms with Gasteiger partial charge in [0, 0.05) is 24.9 Å². The van der Waals surface area contributed by atoms with Crippen molar-refractivity contribution in [3.05, 3.63) is 10.1 Å². The molecule has 0 N–H and O–H groups in total. The van der Waals surface area contributed by atoms with E-state index in [2.05, 4.69) is 6.92 Å². The summed E-state index contributed by atoms with van der Waals surface area (Å²) in [5.41, 5.74) is 0. The minimum absolute atomic E-state index is 0.0233. The van der Waals surface area contributed by atoms with Gasteiger partial charge < -0.3 is 4.74 Å². The van der Waals surface area contributed by atoms with Crippen molar-refractivity contribution < 1.29 is 14.5 Å². The van der Waals surface area contributed by atoms with Crippen molar-refractivity contribution in [3.63, 3.8) is 0 Å². The molecule has 0 aromatic heterocycles. The Morgan fingerprint density at radius 2 is 2.00 bits per heavy atom. The molecule has 2 atom stereocenters. The Labute approximate surface area is 103 Å². The first kappa shape index (κ1) is 16.0. The van der Waals surface area contributed by atoms with Gasteiger partial charge in [0.25, 0.3) is 0 Å². The molecule has 0 aliphatic rings. The molecule has 0 bridgehead atoms. The van der Waals surface area contributed by atoms with Crippen LogP contribution in [-0.4, -0.2) is 30.0 Å². The van der Waals surface area contributed by atoms with Crippen molar-refractivity contribution >= 4 is 5.78 Å². The summed E-state index contributed by atoms with van der Waals surface area (Å²) in [5.74, 6) is -0.0727. The van der Waals surface area contributed by atoms with Crippen LogP contribution < -0.4 is 0 Å². The van der Waals surface area contributed by atoms with Gasteiger partial charge in [0.15, 0.2) is 0 Å². The van der Waals surface area contributed by atoms with Gasteiger partial charge in [-0.3, -0.25) is 14.9 Å². The number of hydrogen-bond donors (Lipinski definition) is 0. The number of nitro groups is 1. The summed E-state index contributed by atoms with van der Waals surface area (Å²) in [4.78, 5) is 21.9. The lowest BCUT2D eigenvalue weighted by Gasteiger charge is -2.14. The molecule has 0 rings (SSSR count). The molecular formula is C12H23NO4. The highest BCUT2D eigenvalue weighted by molar-refractivity contribution is 5.79. The Kier molecular flexibility index (Phi) is 8.58. The SMILES string of the molecule is CCCCC(CC(=O)CC(CC)[N+](=O)[O-])OC. The Bertz CT molecular complexity index is 243. The van der Waals surface area contributed by atoms with Gasteiger partial charge in [-0.05, 0) is 6.42 Å². The van der Waals surface area contributed by atoms with E-state index >= 15 is 0 Å². The van der Waals surface area contributed by atoms with E-state index < -0.39 is 6.04 Å². The fraction of sp³-hybridized carbons (Fsp3) is 0.917. The topological polar surface area (TPSA) is 69.4 Å². The van der Waals surface area contributed by atoms with Gasteiger partial charge >= 0.3 is 0 Å². The predicted octanol–water partition coefficient (Wildman–Crippen LogP) is 2.60. The molecule has 5 heteroatoms. The Hall–Kier alpha value is -0.970. The number of carbonyl (C=O) groups excluding carboxylic acids is 1. The third kappa shape index (κ3) is 7.05. The van der Waals surface area contributed by atoms with Crippen LogP contribution in [0.5, 0.6) is 0 Å². The minimum Gasteiger partial charge on any atom is -0.381 e. The molecule has 0 saturated heterocycles. The largest absolute Gasteiger partial charge is 0.381 e. The molecule has 0 saturated carbocycles. The maximum absolute atomic E-state index is 11.7. The first-order valence-electron chi connectivity index (χ1n) is 6.23. The number of nitrogens with zero attached hydrogens (tertiary/aromatic N) is 1. The number of rotatable bonds is 10. The quantitative estimate of drug-likeness (QED) is 0.438. The predicted molar refractivity (Wildman–Crippen MR) is 65.6 cm³/mol. The summed E-state index contributed by atoms with van der Waals surface area (Å²) in [7, 11) is 1.58. The monoisotopic (exact) mass is 245 g/mol. The molecule has 2 unspecified atom stereocenters. The molecule has 0 fully saturated rings. The number of carbonyl (C=O) groups is 1. The first-order chi connectivity index (χ1) is 8.04. The van der Waals surface area contributed by atoms with Gasteiger partial charge in [-0.1, -0.05) is 26.7 Å². The molecule has 0 aromatic rings. The van der Waals surface area contributed by atoms with Crippen molar-refractivity contribution in [3.8, 4) is 0 Å². The average molecular weight is 245 g/mol. The zero-order valence-corrected chi connectivity index (χ0v) is 11.0. The molecule has 17 heavy (non-hydrogen) atoms. The van der Waals surface area contributed by atoms with E-state index in [1.165, 1.54) is 0 Å². The summed E-state index contributed by atoms with van der Waals surface area (Å²) in [6.07, 6.45) is 3.53. The molecule has 0 amide bonds. The van der Waals surface area contributed by atoms with E-state index in [-0.39, 0.29) is 23.2 Å². The van der Waals surface area contributed by atoms with E-state index in [0.29, 0.717) is 12.8 Å². The van der Waals surface area contributed by atoms with E-state index in [1.54, 1.807) is 14.0 Å². The van der Waals surface area contributed by atoms with Crippen LogP contribution in [0.2, 0.25) is 0 Å². The third-order valence-corrected chi connectivity index (χ3v) is 2.90. The van der Waals surface area contributed by atoms with Crippen molar-refractivity contribution in [2.75, 3.05) is 7.11 Å². The lowest BCUT2D eigenvalue weighted by atomic mass is 10.0. The van der Waals surface area contributed by atoms with E-state index in [4.69, 9.17) is 4.74 Å². The summed E-state index contributed by atoms with van der Waals surface area (Å²) in [6, 6.07) is -0.744. The Morgan fingerprint density at radius 3 is 2.41 bits per heavy atom. The minimum atomic E-state index is -0.744. The standard InChI is InChI=1S/C12H23NO4/c1-4-6-7-12(17-3)9-11(14)8-10(5-2)13(15)16/h10,12H,4-9H2,1-3H3. The maximum atomic E-state index is 11.7. The lowest BCUT2D eigenvalue weighted by molar-refractivity contribution is -0.521. The smallest absolute Gasteiger partial charge is 0.219 e. The van der Waals surface area contributed by atoms with Gasteiger partial charge in [-0.15, -0.1) is 0 Å². The van der Waals surface area contributed by atoms with Crippen LogP contribution in [0.15, 0.2) is 0 Å². The average Bonchev–Trinajstić information content (AvgIpc) is 2.30. The maximum Gasteiger partial charge on any atom is 0.219 e. The molecule has 5 nitrogen and oxygen atoms in total. The molecule has 100 valence electrons. The molecule has 0 aromatic carbocycles. The van der Waals surface area contributed by atoms with Crippen LogP contribution in [-0.2, 0) is 9.53 Å². The van der Waals surface area contributed by atoms with Crippen LogP contribution >= 0.6 is 0 Å². The Balaban J connectivity index is 4.08. The van der Waals surface area contributed by atoms with Gasteiger partial charge in [-0.2, -0.15) is 0 Å². The summed E-state index contributed by atoms with van der Waals surface area (Å²) < 4.78 is 5.21. The number of Topliss-reactive ketones (excluding diaryl/α,β-unsaturated/α-hetero) is 1. The van der Waals surface area contributed by atoms with E-state index in [9.17, 15) is 14.9 Å². The van der Waals surface area contributed by atoms with Crippen molar-refractivity contribution in [1.82, 2.24) is 0 Å². The Morgan fingerprint density at radius 1 is 1.35 bits per heavy atom. The highest BCUT2D eigenvalue weighted by atomic mass is 16.6. The molecule has 0 heterocycles. The second-order valence-electron chi connectivity index (χ2n) is 4.29. The number of hydrogen-bond acceptors (Lipinski definition) is 4. The van der Waals surface area contributed by atoms with Gasteiger partial charge in [0.1, 0.15) is 5.78 Å². The van der Waals surface area contributed by atoms with Crippen molar-refractivity contribution in [1.29, 1.82) is 0 Å². The van der Waals surface area contributed by atoms with Crippen molar-refractivity contribution in [2.45, 2.75) is 64.5 Å². The number of ether oxygens (including phenoxy) is 1. The molecule has 0 radical (unpaired) electrons. The zero-order valence-electron chi connectivity index (χ0n) is 11.0. The molecule has 0 aliphatic carbocycles. The molecule has 0 aliphatic heterocycles. The highest BCUT2D eigenvalue weighted by Crippen LogP contribution is 2.12. The second kappa shape index (κ2) is 9.10. The molecular weight excluding hydrogens is 222 g/mol. The van der Waals surface area contributed by atoms with E-state index in [0.717, 1.165) is 19.3 Å². The fourth-order valence-corrected chi connectivity index (χ4v) is 1.70. The van der Waals surface area contributed by atoms with Crippen LogP contribution in [0.25, 0.3) is 0 Å². The van der Waals surface area contributed by atoms with Gasteiger partial charge in [-0.25, -0.2) is 0 Å². The van der Waals surface area contributed by atoms with E-state index in [1.807, 2.05) is 0 Å². The highest BCUT2D eigenvalue weighted by Gasteiger charge is 2.23. The number of methoxy groups -OCH3 is 1. The third-order valence-electron chi connectivity index (χ3n) is 2.90. The first-order valence-corrected chi connectivity index (χ1v) is 6.23. The summed E-state index contributed by atoms with van der Waals surface area (Å²) in [6.45, 7) is 3.81. The van der Waals surface area contributed by atoms with Crippen LogP contribution in [0.1, 0.15) is 52.4 Å². The van der Waals surface area contributed by atoms with Gasteiger partial charge in [0.05, 0.1) is 12.5 Å². The second-order valence-corrected chi connectivity index (χ2v) is 4.29. The van der Waals surface area contributed by atoms with Crippen LogP contribution in [0.4, 0.5) is 0 Å². The number of unbranched alkanes of at least 4 members (excludes halogenated alkanes) is 1. The van der Waals surface area contributed by atoms with Crippen molar-refractivity contribution in [2.24, 2.45) is 0 Å². The summed E-state index contributed by atoms with van der Waals surface area (Å²) >= 11 is 0. The number of ketones is 1.